The molecule has 0 saturated carbocycles. The number of aromatic nitrogens is 4. The van der Waals surface area contributed by atoms with Crippen LogP contribution in [0, 0.1) is 12.7 Å². The highest BCUT2D eigenvalue weighted by atomic mass is 19.4. The topological polar surface area (TPSA) is 46.5 Å². The van der Waals surface area contributed by atoms with Crippen molar-refractivity contribution in [2.24, 2.45) is 7.05 Å². The van der Waals surface area contributed by atoms with E-state index in [9.17, 15) is 17.6 Å². The lowest BCUT2D eigenvalue weighted by Crippen LogP contribution is -2.13. The molecular weight excluding hydrogens is 408 g/mol. The standard InChI is InChI=1S/C23H22F4N4/c1-12-19(31(5)30-20(12)22(2,3)4)21-28-16-10-9-13(11-17(16)29-21)18-14(23(25,26)27)7-6-8-15(18)24/h6-11H,1-5H3,(H,28,29). The summed E-state index contributed by atoms with van der Waals surface area (Å²) in [5.74, 6) is -0.369. The number of H-pyrrole nitrogens is 1. The first-order valence-electron chi connectivity index (χ1n) is 9.78. The zero-order valence-electron chi connectivity index (χ0n) is 17.8. The van der Waals surface area contributed by atoms with Crippen LogP contribution in [-0.2, 0) is 18.6 Å². The minimum absolute atomic E-state index is 0.130. The number of fused-ring (bicyclic) bond motifs is 1. The summed E-state index contributed by atoms with van der Waals surface area (Å²) in [4.78, 5) is 7.77. The molecule has 4 rings (SSSR count). The summed E-state index contributed by atoms with van der Waals surface area (Å²) in [6, 6.07) is 7.52. The van der Waals surface area contributed by atoms with Crippen molar-refractivity contribution in [1.29, 1.82) is 0 Å². The smallest absolute Gasteiger partial charge is 0.337 e. The van der Waals surface area contributed by atoms with Gasteiger partial charge in [0.1, 0.15) is 11.5 Å². The lowest BCUT2D eigenvalue weighted by Gasteiger charge is -2.16. The van der Waals surface area contributed by atoms with Crippen molar-refractivity contribution < 1.29 is 17.6 Å². The Hall–Kier alpha value is -3.16. The first-order valence-corrected chi connectivity index (χ1v) is 9.78. The number of aromatic amines is 1. The number of nitrogens with one attached hydrogen (secondary N) is 1. The normalized spacial score (nSPS) is 12.7. The molecule has 0 amide bonds. The van der Waals surface area contributed by atoms with Crippen molar-refractivity contribution in [3.63, 3.8) is 0 Å². The molecule has 0 aliphatic rings. The van der Waals surface area contributed by atoms with Crippen LogP contribution in [0.1, 0.15) is 37.6 Å². The zero-order valence-corrected chi connectivity index (χ0v) is 17.8. The van der Waals surface area contributed by atoms with Crippen LogP contribution in [0.5, 0.6) is 0 Å². The van der Waals surface area contributed by atoms with E-state index < -0.39 is 23.1 Å². The van der Waals surface area contributed by atoms with Crippen LogP contribution in [0.4, 0.5) is 17.6 Å². The van der Waals surface area contributed by atoms with Gasteiger partial charge >= 0.3 is 6.18 Å². The number of aryl methyl sites for hydroxylation is 1. The van der Waals surface area contributed by atoms with Crippen molar-refractivity contribution in [3.05, 3.63) is 59.0 Å². The average molecular weight is 430 g/mol. The van der Waals surface area contributed by atoms with Gasteiger partial charge in [-0.25, -0.2) is 9.37 Å². The van der Waals surface area contributed by atoms with Crippen LogP contribution in [0.3, 0.4) is 0 Å². The molecule has 0 aliphatic heterocycles. The summed E-state index contributed by atoms with van der Waals surface area (Å²) in [6.07, 6.45) is -4.67. The second-order valence-corrected chi connectivity index (χ2v) is 8.67. The van der Waals surface area contributed by atoms with Gasteiger partial charge in [0.25, 0.3) is 0 Å². The summed E-state index contributed by atoms with van der Waals surface area (Å²) >= 11 is 0. The van der Waals surface area contributed by atoms with Gasteiger partial charge in [-0.2, -0.15) is 18.3 Å². The van der Waals surface area contributed by atoms with Gasteiger partial charge < -0.3 is 4.98 Å². The quantitative estimate of drug-likeness (QED) is 0.374. The highest BCUT2D eigenvalue weighted by Crippen LogP contribution is 2.39. The van der Waals surface area contributed by atoms with E-state index in [-0.39, 0.29) is 11.0 Å². The lowest BCUT2D eigenvalue weighted by atomic mass is 9.89. The largest absolute Gasteiger partial charge is 0.417 e. The summed E-state index contributed by atoms with van der Waals surface area (Å²) in [6.45, 7) is 8.19. The van der Waals surface area contributed by atoms with Gasteiger partial charge in [-0.3, -0.25) is 4.68 Å². The zero-order chi connectivity index (χ0) is 22.7. The van der Waals surface area contributed by atoms with Crippen molar-refractivity contribution in [2.45, 2.75) is 39.3 Å². The molecule has 0 spiro atoms. The van der Waals surface area contributed by atoms with Crippen molar-refractivity contribution in [1.82, 2.24) is 19.7 Å². The Bertz CT molecular complexity index is 1290. The van der Waals surface area contributed by atoms with Gasteiger partial charge in [-0.1, -0.05) is 32.9 Å². The molecule has 162 valence electrons. The molecule has 2 heterocycles. The molecule has 0 unspecified atom stereocenters. The van der Waals surface area contributed by atoms with E-state index in [1.165, 1.54) is 12.1 Å². The molecule has 8 heteroatoms. The number of benzene rings is 2. The lowest BCUT2D eigenvalue weighted by molar-refractivity contribution is -0.137. The number of rotatable bonds is 2. The second-order valence-electron chi connectivity index (χ2n) is 8.67. The maximum atomic E-state index is 14.4. The van der Waals surface area contributed by atoms with Gasteiger partial charge in [0.2, 0.25) is 0 Å². The fourth-order valence-corrected chi connectivity index (χ4v) is 4.00. The van der Waals surface area contributed by atoms with Crippen LogP contribution in [0.15, 0.2) is 36.4 Å². The molecule has 0 saturated heterocycles. The fraction of sp³-hybridized carbons (Fsp3) is 0.304. The first-order chi connectivity index (χ1) is 14.4. The van der Waals surface area contributed by atoms with E-state index >= 15 is 0 Å². The second kappa shape index (κ2) is 6.93. The third kappa shape index (κ3) is 3.60. The number of nitrogens with zero attached hydrogens (tertiary/aromatic N) is 3. The molecule has 4 aromatic rings. The van der Waals surface area contributed by atoms with E-state index in [2.05, 4.69) is 35.8 Å². The predicted octanol–water partition coefficient (Wildman–Crippen LogP) is 6.39. The first kappa shape index (κ1) is 21.1. The van der Waals surface area contributed by atoms with Gasteiger partial charge in [-0.15, -0.1) is 0 Å². The maximum Gasteiger partial charge on any atom is 0.417 e. The van der Waals surface area contributed by atoms with Crippen LogP contribution in [-0.4, -0.2) is 19.7 Å². The molecule has 1 N–H and O–H groups in total. The molecule has 4 nitrogen and oxygen atoms in total. The Labute approximate surface area is 176 Å². The predicted molar refractivity (Wildman–Crippen MR) is 112 cm³/mol. The Morgan fingerprint density at radius 3 is 2.35 bits per heavy atom. The Kier molecular flexibility index (Phi) is 4.72. The van der Waals surface area contributed by atoms with Crippen LogP contribution < -0.4 is 0 Å². The Balaban J connectivity index is 1.87. The molecule has 0 aliphatic carbocycles. The van der Waals surface area contributed by atoms with Gasteiger partial charge in [0, 0.05) is 23.6 Å². The SMILES string of the molecule is Cc1c(C(C)(C)C)nn(C)c1-c1nc2ccc(-c3c(F)cccc3C(F)(F)F)cc2[nH]1. The summed E-state index contributed by atoms with van der Waals surface area (Å²) < 4.78 is 56.5. The minimum Gasteiger partial charge on any atom is -0.337 e. The van der Waals surface area contributed by atoms with Crippen LogP contribution >= 0.6 is 0 Å². The van der Waals surface area contributed by atoms with Gasteiger partial charge in [-0.05, 0) is 36.8 Å². The monoisotopic (exact) mass is 430 g/mol. The molecule has 31 heavy (non-hydrogen) atoms. The number of imidazole rings is 1. The number of hydrogen-bond acceptors (Lipinski definition) is 2. The summed E-state index contributed by atoms with van der Waals surface area (Å²) in [5.41, 5.74) is 2.29. The molecular formula is C23H22F4N4. The third-order valence-electron chi connectivity index (χ3n) is 5.31. The highest BCUT2D eigenvalue weighted by molar-refractivity contribution is 5.85. The molecule has 0 atom stereocenters. The molecule has 0 fully saturated rings. The van der Waals surface area contributed by atoms with E-state index in [1.54, 1.807) is 10.7 Å². The number of halogens is 4. The number of hydrogen-bond donors (Lipinski definition) is 1. The summed E-state index contributed by atoms with van der Waals surface area (Å²) in [5, 5.41) is 4.63. The Morgan fingerprint density at radius 1 is 1.03 bits per heavy atom. The highest BCUT2D eigenvalue weighted by Gasteiger charge is 2.35. The van der Waals surface area contributed by atoms with Crippen molar-refractivity contribution in [3.8, 4) is 22.6 Å². The Morgan fingerprint density at radius 2 is 1.74 bits per heavy atom. The maximum absolute atomic E-state index is 14.4. The van der Waals surface area contributed by atoms with E-state index in [1.807, 2.05) is 14.0 Å². The van der Waals surface area contributed by atoms with E-state index in [0.29, 0.717) is 16.9 Å². The number of alkyl halides is 3. The minimum atomic E-state index is -4.67. The molecule has 0 radical (unpaired) electrons. The fourth-order valence-electron chi connectivity index (χ4n) is 4.00. The third-order valence-corrected chi connectivity index (χ3v) is 5.31. The van der Waals surface area contributed by atoms with Gasteiger partial charge in [0.05, 0.1) is 22.3 Å². The van der Waals surface area contributed by atoms with Crippen LogP contribution in [0.2, 0.25) is 0 Å². The van der Waals surface area contributed by atoms with Crippen LogP contribution in [0.25, 0.3) is 33.7 Å². The molecule has 2 aromatic heterocycles. The van der Waals surface area contributed by atoms with E-state index in [0.717, 1.165) is 35.2 Å². The van der Waals surface area contributed by atoms with E-state index in [4.69, 9.17) is 0 Å². The van der Waals surface area contributed by atoms with Gasteiger partial charge in [0.15, 0.2) is 5.82 Å². The average Bonchev–Trinajstić information content (AvgIpc) is 3.19. The summed E-state index contributed by atoms with van der Waals surface area (Å²) in [7, 11) is 1.82. The molecule has 0 bridgehead atoms. The molecule has 2 aromatic carbocycles. The van der Waals surface area contributed by atoms with Crippen molar-refractivity contribution in [2.75, 3.05) is 0 Å². The van der Waals surface area contributed by atoms with Crippen molar-refractivity contribution >= 4 is 11.0 Å².